The van der Waals surface area contributed by atoms with E-state index in [4.69, 9.17) is 4.74 Å². The third-order valence-corrected chi connectivity index (χ3v) is 3.93. The van der Waals surface area contributed by atoms with Gasteiger partial charge in [-0.3, -0.25) is 4.99 Å². The summed E-state index contributed by atoms with van der Waals surface area (Å²) in [5, 5.41) is 4.45. The largest absolute Gasteiger partial charge is 0.497 e. The molecule has 1 aliphatic heterocycles. The average Bonchev–Trinajstić information content (AvgIpc) is 2.67. The van der Waals surface area contributed by atoms with Crippen LogP contribution in [0.15, 0.2) is 29.3 Å². The van der Waals surface area contributed by atoms with E-state index in [1.54, 1.807) is 18.9 Å². The zero-order valence-electron chi connectivity index (χ0n) is 10.5. The molecule has 1 fully saturated rings. The number of amidine groups is 1. The fourth-order valence-electron chi connectivity index (χ4n) is 1.63. The van der Waals surface area contributed by atoms with Crippen molar-refractivity contribution in [2.24, 2.45) is 4.99 Å². The van der Waals surface area contributed by atoms with Crippen LogP contribution >= 0.6 is 11.8 Å². The van der Waals surface area contributed by atoms with Crippen molar-refractivity contribution >= 4 is 16.9 Å². The van der Waals surface area contributed by atoms with Crippen molar-refractivity contribution in [2.45, 2.75) is 25.9 Å². The maximum Gasteiger partial charge on any atom is 0.157 e. The van der Waals surface area contributed by atoms with Crippen molar-refractivity contribution in [3.63, 3.8) is 0 Å². The number of benzene rings is 1. The number of hydrogen-bond acceptors (Lipinski definition) is 3. The molecule has 0 aliphatic carbocycles. The van der Waals surface area contributed by atoms with Crippen LogP contribution in [0.3, 0.4) is 0 Å². The quantitative estimate of drug-likeness (QED) is 0.895. The third kappa shape index (κ3) is 3.40. The lowest BCUT2D eigenvalue weighted by Gasteiger charge is -2.15. The minimum Gasteiger partial charge on any atom is -0.497 e. The Morgan fingerprint density at radius 1 is 1.47 bits per heavy atom. The van der Waals surface area contributed by atoms with Crippen molar-refractivity contribution in [3.8, 4) is 5.75 Å². The van der Waals surface area contributed by atoms with Gasteiger partial charge in [0, 0.05) is 11.3 Å². The summed E-state index contributed by atoms with van der Waals surface area (Å²) < 4.78 is 5.19. The summed E-state index contributed by atoms with van der Waals surface area (Å²) in [6, 6.07) is 8.03. The smallest absolute Gasteiger partial charge is 0.157 e. The molecule has 0 aromatic heterocycles. The molecule has 1 aromatic rings. The van der Waals surface area contributed by atoms with Gasteiger partial charge in [-0.25, -0.2) is 0 Å². The molecular weight excluding hydrogens is 232 g/mol. The second kappa shape index (κ2) is 5.00. The normalized spacial score (nSPS) is 20.3. The standard InChI is InChI=1S/C13H18N2OS/c1-13(2)9-17-12(15-13)14-8-10-5-4-6-11(7-10)16-3/h4-7H,8-9H2,1-3H3,(H,14,15). The van der Waals surface area contributed by atoms with Gasteiger partial charge in [0.2, 0.25) is 0 Å². The van der Waals surface area contributed by atoms with Crippen molar-refractivity contribution in [3.05, 3.63) is 29.8 Å². The molecule has 2 rings (SSSR count). The Morgan fingerprint density at radius 2 is 2.29 bits per heavy atom. The second-order valence-corrected chi connectivity index (χ2v) is 5.73. The minimum atomic E-state index is 0.165. The van der Waals surface area contributed by atoms with Gasteiger partial charge < -0.3 is 10.1 Å². The molecule has 4 heteroatoms. The fraction of sp³-hybridized carbons (Fsp3) is 0.462. The topological polar surface area (TPSA) is 33.6 Å². The van der Waals surface area contributed by atoms with Gasteiger partial charge in [-0.1, -0.05) is 23.9 Å². The number of nitrogens with one attached hydrogen (secondary N) is 1. The molecular formula is C13H18N2OS. The van der Waals surface area contributed by atoms with Crippen molar-refractivity contribution < 1.29 is 4.74 Å². The van der Waals surface area contributed by atoms with Crippen LogP contribution in [0.25, 0.3) is 0 Å². The highest BCUT2D eigenvalue weighted by Gasteiger charge is 2.26. The van der Waals surface area contributed by atoms with E-state index in [0.29, 0.717) is 6.54 Å². The van der Waals surface area contributed by atoms with E-state index in [2.05, 4.69) is 30.2 Å². The van der Waals surface area contributed by atoms with Gasteiger partial charge in [-0.05, 0) is 31.5 Å². The van der Waals surface area contributed by atoms with E-state index >= 15 is 0 Å². The number of methoxy groups -OCH3 is 1. The molecule has 1 aromatic carbocycles. The van der Waals surface area contributed by atoms with E-state index in [9.17, 15) is 0 Å². The first-order valence-corrected chi connectivity index (χ1v) is 6.66. The Balaban J connectivity index is 2.00. The summed E-state index contributed by atoms with van der Waals surface area (Å²) in [6.07, 6.45) is 0. The Bertz CT molecular complexity index is 429. The summed E-state index contributed by atoms with van der Waals surface area (Å²) in [5.41, 5.74) is 1.33. The summed E-state index contributed by atoms with van der Waals surface area (Å²) in [7, 11) is 1.68. The van der Waals surface area contributed by atoms with E-state index < -0.39 is 0 Å². The van der Waals surface area contributed by atoms with Crippen LogP contribution in [0.2, 0.25) is 0 Å². The maximum absolute atomic E-state index is 5.19. The highest BCUT2D eigenvalue weighted by atomic mass is 32.2. The van der Waals surface area contributed by atoms with Crippen molar-refractivity contribution in [1.29, 1.82) is 0 Å². The van der Waals surface area contributed by atoms with Gasteiger partial charge in [0.1, 0.15) is 5.75 Å². The molecule has 0 spiro atoms. The van der Waals surface area contributed by atoms with Crippen molar-refractivity contribution in [1.82, 2.24) is 5.32 Å². The van der Waals surface area contributed by atoms with E-state index in [1.807, 2.05) is 18.2 Å². The number of thioether (sulfide) groups is 1. The summed E-state index contributed by atoms with van der Waals surface area (Å²) in [4.78, 5) is 4.58. The Hall–Kier alpha value is -1.16. The first-order chi connectivity index (χ1) is 8.09. The fourth-order valence-corrected chi connectivity index (χ4v) is 2.70. The van der Waals surface area contributed by atoms with Gasteiger partial charge in [0.05, 0.1) is 13.7 Å². The summed E-state index contributed by atoms with van der Waals surface area (Å²) in [6.45, 7) is 5.07. The lowest BCUT2D eigenvalue weighted by molar-refractivity contribution is 0.414. The molecule has 1 aliphatic rings. The van der Waals surface area contributed by atoms with Crippen LogP contribution in [0, 0.1) is 0 Å². The monoisotopic (exact) mass is 250 g/mol. The number of nitrogens with zero attached hydrogens (tertiary/aromatic N) is 1. The molecule has 0 atom stereocenters. The van der Waals surface area contributed by atoms with Crippen LogP contribution in [-0.4, -0.2) is 23.6 Å². The van der Waals surface area contributed by atoms with Crippen LogP contribution in [-0.2, 0) is 6.54 Å². The molecule has 0 bridgehead atoms. The number of ether oxygens (including phenoxy) is 1. The first-order valence-electron chi connectivity index (χ1n) is 5.67. The molecule has 0 radical (unpaired) electrons. The summed E-state index contributed by atoms with van der Waals surface area (Å²) in [5.74, 6) is 1.96. The van der Waals surface area contributed by atoms with Gasteiger partial charge in [0.15, 0.2) is 5.17 Å². The third-order valence-electron chi connectivity index (χ3n) is 2.55. The van der Waals surface area contributed by atoms with E-state index in [1.165, 1.54) is 5.56 Å². The minimum absolute atomic E-state index is 0.165. The summed E-state index contributed by atoms with van der Waals surface area (Å²) >= 11 is 1.79. The van der Waals surface area contributed by atoms with Gasteiger partial charge in [-0.15, -0.1) is 0 Å². The van der Waals surface area contributed by atoms with Gasteiger partial charge in [0.25, 0.3) is 0 Å². The van der Waals surface area contributed by atoms with Crippen LogP contribution < -0.4 is 10.1 Å². The van der Waals surface area contributed by atoms with E-state index in [0.717, 1.165) is 16.7 Å². The van der Waals surface area contributed by atoms with Gasteiger partial charge >= 0.3 is 0 Å². The molecule has 0 amide bonds. The molecule has 1 N–H and O–H groups in total. The number of aliphatic imine (C=N–C) groups is 1. The molecule has 1 heterocycles. The Labute approximate surface area is 107 Å². The van der Waals surface area contributed by atoms with Crippen molar-refractivity contribution in [2.75, 3.05) is 12.9 Å². The first kappa shape index (κ1) is 12.3. The highest BCUT2D eigenvalue weighted by molar-refractivity contribution is 8.14. The Morgan fingerprint density at radius 3 is 2.94 bits per heavy atom. The predicted octanol–water partition coefficient (Wildman–Crippen LogP) is 2.67. The highest BCUT2D eigenvalue weighted by Crippen LogP contribution is 2.22. The lowest BCUT2D eigenvalue weighted by atomic mass is 10.1. The van der Waals surface area contributed by atoms with Crippen LogP contribution in [0.5, 0.6) is 5.75 Å². The molecule has 0 unspecified atom stereocenters. The molecule has 1 saturated heterocycles. The molecule has 17 heavy (non-hydrogen) atoms. The second-order valence-electron chi connectivity index (χ2n) is 4.77. The van der Waals surface area contributed by atoms with E-state index in [-0.39, 0.29) is 5.54 Å². The predicted molar refractivity (Wildman–Crippen MR) is 73.8 cm³/mol. The lowest BCUT2D eigenvalue weighted by Crippen LogP contribution is -2.36. The maximum atomic E-state index is 5.19. The zero-order chi connectivity index (χ0) is 12.3. The van der Waals surface area contributed by atoms with Gasteiger partial charge in [-0.2, -0.15) is 0 Å². The molecule has 0 saturated carbocycles. The number of hydrogen-bond donors (Lipinski definition) is 1. The average molecular weight is 250 g/mol. The molecule has 92 valence electrons. The zero-order valence-corrected chi connectivity index (χ0v) is 11.3. The number of rotatable bonds is 3. The Kier molecular flexibility index (Phi) is 3.62. The SMILES string of the molecule is COc1cccc(CN=C2NC(C)(C)CS2)c1. The van der Waals surface area contributed by atoms with Crippen LogP contribution in [0.1, 0.15) is 19.4 Å². The van der Waals surface area contributed by atoms with Crippen LogP contribution in [0.4, 0.5) is 0 Å². The molecule has 3 nitrogen and oxygen atoms in total.